The summed E-state index contributed by atoms with van der Waals surface area (Å²) in [5.41, 5.74) is 1.64. The summed E-state index contributed by atoms with van der Waals surface area (Å²) in [6.45, 7) is 4.06. The van der Waals surface area contributed by atoms with Gasteiger partial charge in [0, 0.05) is 26.3 Å². The summed E-state index contributed by atoms with van der Waals surface area (Å²) in [5, 5.41) is 13.6. The maximum atomic E-state index is 13.9. The fourth-order valence-corrected chi connectivity index (χ4v) is 4.77. The molecule has 2 N–H and O–H groups in total. The second-order valence-corrected chi connectivity index (χ2v) is 8.66. The number of aliphatic hydroxyl groups excluding tert-OH is 1. The summed E-state index contributed by atoms with van der Waals surface area (Å²) in [5.74, 6) is 1.63. The van der Waals surface area contributed by atoms with Gasteiger partial charge in [-0.05, 0) is 55.0 Å². The molecule has 0 aliphatic carbocycles. The lowest BCUT2D eigenvalue weighted by atomic mass is 10.0. The number of para-hydroxylation sites is 1. The van der Waals surface area contributed by atoms with Crippen LogP contribution in [0.25, 0.3) is 16.7 Å². The number of carbonyl (C=O) groups excluding carboxylic acids is 1. The molecule has 2 aromatic carbocycles. The number of β-amino-alcohol motifs (C(OH)–C–C–N with tert-alkyl or cyclic N) is 1. The zero-order chi connectivity index (χ0) is 25.2. The molecule has 1 amide bonds. The van der Waals surface area contributed by atoms with Crippen molar-refractivity contribution in [2.75, 3.05) is 25.5 Å². The fourth-order valence-electron chi connectivity index (χ4n) is 4.77. The standard InChI is InChI=1S/C27H27N5O4/c1-3-24(34)30-16-19(15-20(33)17-30)31-23-13-14-29-26(28-2)25(23)32(27(31)35)18-9-11-22(12-10-18)36-21-7-5-4-6-8-21/h3-14,19-20,33H,1,15-17H2,2H3,(H,28,29)/t19-,20?/m1/s1. The van der Waals surface area contributed by atoms with E-state index in [1.807, 2.05) is 54.6 Å². The average molecular weight is 486 g/mol. The third kappa shape index (κ3) is 4.25. The van der Waals surface area contributed by atoms with Crippen molar-refractivity contribution in [3.63, 3.8) is 0 Å². The Hall–Kier alpha value is -4.37. The first-order chi connectivity index (χ1) is 17.5. The number of pyridine rings is 1. The fraction of sp³-hybridized carbons (Fsp3) is 0.222. The zero-order valence-corrected chi connectivity index (χ0v) is 19.9. The Kier molecular flexibility index (Phi) is 6.30. The number of likely N-dealkylation sites (tertiary alicyclic amines) is 1. The molecule has 2 aromatic heterocycles. The van der Waals surface area contributed by atoms with Gasteiger partial charge in [0.1, 0.15) is 17.0 Å². The van der Waals surface area contributed by atoms with Crippen molar-refractivity contribution in [3.8, 4) is 17.2 Å². The number of aliphatic hydroxyl groups is 1. The van der Waals surface area contributed by atoms with Crippen LogP contribution in [0.15, 0.2) is 84.3 Å². The monoisotopic (exact) mass is 485 g/mol. The highest BCUT2D eigenvalue weighted by atomic mass is 16.5. The van der Waals surface area contributed by atoms with Crippen LogP contribution in [-0.2, 0) is 4.79 Å². The average Bonchev–Trinajstić information content (AvgIpc) is 3.20. The predicted molar refractivity (Wildman–Crippen MR) is 138 cm³/mol. The number of anilines is 1. The Morgan fingerprint density at radius 2 is 1.83 bits per heavy atom. The largest absolute Gasteiger partial charge is 0.457 e. The number of rotatable bonds is 6. The number of ether oxygens (including phenoxy) is 1. The number of nitrogens with one attached hydrogen (secondary N) is 1. The first-order valence-electron chi connectivity index (χ1n) is 11.7. The molecule has 0 spiro atoms. The predicted octanol–water partition coefficient (Wildman–Crippen LogP) is 3.34. The van der Waals surface area contributed by atoms with E-state index in [-0.39, 0.29) is 18.1 Å². The molecule has 184 valence electrons. The van der Waals surface area contributed by atoms with Crippen molar-refractivity contribution in [2.45, 2.75) is 18.6 Å². The number of piperidine rings is 1. The molecule has 1 fully saturated rings. The summed E-state index contributed by atoms with van der Waals surface area (Å²) in [6, 6.07) is 18.1. The van der Waals surface area contributed by atoms with Gasteiger partial charge in [-0.25, -0.2) is 9.78 Å². The molecule has 4 aromatic rings. The third-order valence-electron chi connectivity index (χ3n) is 6.35. The molecule has 1 unspecified atom stereocenters. The van der Waals surface area contributed by atoms with E-state index in [2.05, 4.69) is 16.9 Å². The van der Waals surface area contributed by atoms with E-state index >= 15 is 0 Å². The quantitative estimate of drug-likeness (QED) is 0.406. The topological polar surface area (TPSA) is 102 Å². The Morgan fingerprint density at radius 1 is 1.11 bits per heavy atom. The minimum Gasteiger partial charge on any atom is -0.457 e. The van der Waals surface area contributed by atoms with Gasteiger partial charge >= 0.3 is 5.69 Å². The van der Waals surface area contributed by atoms with Gasteiger partial charge in [0.2, 0.25) is 5.91 Å². The summed E-state index contributed by atoms with van der Waals surface area (Å²) in [6.07, 6.45) is 2.46. The molecule has 5 rings (SSSR count). The van der Waals surface area contributed by atoms with E-state index in [0.717, 1.165) is 5.75 Å². The van der Waals surface area contributed by atoms with E-state index in [1.54, 1.807) is 28.4 Å². The summed E-state index contributed by atoms with van der Waals surface area (Å²) in [4.78, 5) is 32.2. The van der Waals surface area contributed by atoms with Crippen molar-refractivity contribution in [1.29, 1.82) is 0 Å². The van der Waals surface area contributed by atoms with Crippen molar-refractivity contribution in [1.82, 2.24) is 19.0 Å². The van der Waals surface area contributed by atoms with Gasteiger partial charge < -0.3 is 20.1 Å². The first kappa shape index (κ1) is 23.4. The van der Waals surface area contributed by atoms with E-state index < -0.39 is 12.1 Å². The van der Waals surface area contributed by atoms with Crippen LogP contribution in [0, 0.1) is 0 Å². The summed E-state index contributed by atoms with van der Waals surface area (Å²) < 4.78 is 9.15. The number of imidazole rings is 1. The number of benzene rings is 2. The summed E-state index contributed by atoms with van der Waals surface area (Å²) >= 11 is 0. The first-order valence-corrected chi connectivity index (χ1v) is 11.7. The van der Waals surface area contributed by atoms with Gasteiger partial charge in [0.25, 0.3) is 0 Å². The van der Waals surface area contributed by atoms with Crippen molar-refractivity contribution in [3.05, 3.63) is 90.0 Å². The highest BCUT2D eigenvalue weighted by Crippen LogP contribution is 2.30. The molecule has 1 saturated heterocycles. The lowest BCUT2D eigenvalue weighted by molar-refractivity contribution is -0.130. The maximum absolute atomic E-state index is 13.9. The number of aromatic nitrogens is 3. The van der Waals surface area contributed by atoms with Crippen molar-refractivity contribution >= 4 is 22.8 Å². The van der Waals surface area contributed by atoms with Gasteiger partial charge in [-0.15, -0.1) is 0 Å². The van der Waals surface area contributed by atoms with Crippen LogP contribution >= 0.6 is 0 Å². The molecule has 3 heterocycles. The van der Waals surface area contributed by atoms with Gasteiger partial charge in [-0.1, -0.05) is 24.8 Å². The molecule has 0 radical (unpaired) electrons. The molecule has 36 heavy (non-hydrogen) atoms. The SMILES string of the molecule is C=CC(=O)N1CC(O)C[C@@H](n2c(=O)n(-c3ccc(Oc4ccccc4)cc3)c3c(NC)nccc32)C1. The minimum atomic E-state index is -0.752. The smallest absolute Gasteiger partial charge is 0.334 e. The second kappa shape index (κ2) is 9.71. The van der Waals surface area contributed by atoms with Gasteiger partial charge in [-0.3, -0.25) is 13.9 Å². The molecule has 0 bridgehead atoms. The van der Waals surface area contributed by atoms with Crippen molar-refractivity contribution in [2.24, 2.45) is 0 Å². The van der Waals surface area contributed by atoms with Crippen molar-refractivity contribution < 1.29 is 14.6 Å². The molecule has 2 atom stereocenters. The van der Waals surface area contributed by atoms with E-state index in [4.69, 9.17) is 4.74 Å². The molecule has 9 nitrogen and oxygen atoms in total. The van der Waals surface area contributed by atoms with Gasteiger partial charge in [-0.2, -0.15) is 0 Å². The van der Waals surface area contributed by atoms with E-state index in [9.17, 15) is 14.7 Å². The van der Waals surface area contributed by atoms with Crippen LogP contribution < -0.4 is 15.7 Å². The van der Waals surface area contributed by atoms with Crippen LogP contribution in [0.3, 0.4) is 0 Å². The Bertz CT molecular complexity index is 1460. The summed E-state index contributed by atoms with van der Waals surface area (Å²) in [7, 11) is 1.75. The second-order valence-electron chi connectivity index (χ2n) is 8.66. The highest BCUT2D eigenvalue weighted by Gasteiger charge is 2.32. The van der Waals surface area contributed by atoms with Gasteiger partial charge in [0.05, 0.1) is 23.3 Å². The zero-order valence-electron chi connectivity index (χ0n) is 19.9. The normalized spacial score (nSPS) is 17.7. The van der Waals surface area contributed by atoms with E-state index in [0.29, 0.717) is 41.3 Å². The number of hydrogen-bond acceptors (Lipinski definition) is 6. The van der Waals surface area contributed by atoms with Crippen LogP contribution in [0.2, 0.25) is 0 Å². The molecular formula is C27H27N5O4. The number of fused-ring (bicyclic) bond motifs is 1. The number of amides is 1. The molecule has 0 saturated carbocycles. The lowest BCUT2D eigenvalue weighted by Gasteiger charge is -2.35. The Balaban J connectivity index is 1.60. The Labute approximate surface area is 207 Å². The van der Waals surface area contributed by atoms with Crippen LogP contribution in [-0.4, -0.2) is 56.3 Å². The van der Waals surface area contributed by atoms with Crippen LogP contribution in [0.4, 0.5) is 5.82 Å². The molecule has 1 aliphatic rings. The molecule has 1 aliphatic heterocycles. The highest BCUT2D eigenvalue weighted by molar-refractivity contribution is 5.89. The van der Waals surface area contributed by atoms with Crippen LogP contribution in [0.5, 0.6) is 11.5 Å². The minimum absolute atomic E-state index is 0.209. The third-order valence-corrected chi connectivity index (χ3v) is 6.35. The molecular weight excluding hydrogens is 458 g/mol. The lowest BCUT2D eigenvalue weighted by Crippen LogP contribution is -2.47. The maximum Gasteiger partial charge on any atom is 0.334 e. The number of hydrogen-bond donors (Lipinski definition) is 2. The number of carbonyl (C=O) groups is 1. The number of nitrogens with zero attached hydrogens (tertiary/aromatic N) is 4. The molecule has 9 heteroatoms. The Morgan fingerprint density at radius 3 is 2.53 bits per heavy atom. The van der Waals surface area contributed by atoms with Crippen LogP contribution in [0.1, 0.15) is 12.5 Å². The van der Waals surface area contributed by atoms with Gasteiger partial charge in [0.15, 0.2) is 5.82 Å². The van der Waals surface area contributed by atoms with E-state index in [1.165, 1.54) is 11.0 Å².